The van der Waals surface area contributed by atoms with Crippen LogP contribution in [0.4, 0.5) is 9.59 Å². The number of cyclic esters (lactones) is 2. The zero-order valence-electron chi connectivity index (χ0n) is 18.7. The molecular formula is C26H28N2O4. The lowest BCUT2D eigenvalue weighted by Gasteiger charge is -2.40. The van der Waals surface area contributed by atoms with Gasteiger partial charge in [-0.1, -0.05) is 60.7 Å². The highest BCUT2D eigenvalue weighted by molar-refractivity contribution is 5.78. The summed E-state index contributed by atoms with van der Waals surface area (Å²) in [6.07, 6.45) is 2.46. The number of carbonyl (C=O) groups is 2. The molecule has 0 spiro atoms. The van der Waals surface area contributed by atoms with Crippen molar-refractivity contribution >= 4 is 12.2 Å². The predicted octanol–water partition coefficient (Wildman–Crippen LogP) is 4.55. The average Bonchev–Trinajstić information content (AvgIpc) is 2.99. The number of ether oxygens (including phenoxy) is 2. The van der Waals surface area contributed by atoms with Crippen molar-refractivity contribution in [2.24, 2.45) is 0 Å². The molecule has 0 saturated carbocycles. The van der Waals surface area contributed by atoms with Crippen LogP contribution in [0.2, 0.25) is 0 Å². The summed E-state index contributed by atoms with van der Waals surface area (Å²) in [4.78, 5) is 29.3. The first-order valence-corrected chi connectivity index (χ1v) is 11.1. The van der Waals surface area contributed by atoms with Crippen LogP contribution in [0, 0.1) is 0 Å². The van der Waals surface area contributed by atoms with E-state index in [2.05, 4.69) is 0 Å². The van der Waals surface area contributed by atoms with Crippen molar-refractivity contribution in [1.82, 2.24) is 9.80 Å². The average molecular weight is 433 g/mol. The molecule has 0 N–H and O–H groups in total. The maximum Gasteiger partial charge on any atom is 0.415 e. The highest BCUT2D eigenvalue weighted by Gasteiger charge is 2.62. The maximum atomic E-state index is 13.0. The highest BCUT2D eigenvalue weighted by atomic mass is 16.6. The van der Waals surface area contributed by atoms with Crippen LogP contribution in [0.5, 0.6) is 0 Å². The van der Waals surface area contributed by atoms with Crippen LogP contribution in [-0.4, -0.2) is 51.8 Å². The lowest BCUT2D eigenvalue weighted by molar-refractivity contribution is 0.0293. The Morgan fingerprint density at radius 1 is 0.781 bits per heavy atom. The molecule has 3 aliphatic heterocycles. The molecule has 2 amide bonds. The zero-order chi connectivity index (χ0) is 22.6. The van der Waals surface area contributed by atoms with Crippen LogP contribution in [0.15, 0.2) is 72.4 Å². The molecule has 0 aliphatic carbocycles. The minimum absolute atomic E-state index is 0.345. The van der Waals surface area contributed by atoms with Gasteiger partial charge in [0.05, 0.1) is 5.70 Å². The molecule has 0 unspecified atom stereocenters. The molecule has 2 saturated heterocycles. The Morgan fingerprint density at radius 2 is 1.38 bits per heavy atom. The highest BCUT2D eigenvalue weighted by Crippen LogP contribution is 2.48. The van der Waals surface area contributed by atoms with Gasteiger partial charge >= 0.3 is 12.2 Å². The number of hydrogen-bond acceptors (Lipinski definition) is 4. The van der Waals surface area contributed by atoms with Gasteiger partial charge in [0.25, 0.3) is 0 Å². The van der Waals surface area contributed by atoms with Gasteiger partial charge in [0.2, 0.25) is 0 Å². The van der Waals surface area contributed by atoms with Gasteiger partial charge in [0, 0.05) is 25.9 Å². The molecule has 6 nitrogen and oxygen atoms in total. The molecular weight excluding hydrogens is 404 g/mol. The van der Waals surface area contributed by atoms with E-state index in [1.54, 1.807) is 9.80 Å². The summed E-state index contributed by atoms with van der Waals surface area (Å²) < 4.78 is 12.0. The van der Waals surface area contributed by atoms with Gasteiger partial charge in [-0.15, -0.1) is 0 Å². The normalized spacial score (nSPS) is 31.4. The Labute approximate surface area is 188 Å². The first-order chi connectivity index (χ1) is 15.2. The van der Waals surface area contributed by atoms with E-state index in [1.807, 2.05) is 87.5 Å². The quantitative estimate of drug-likeness (QED) is 0.711. The van der Waals surface area contributed by atoms with Crippen LogP contribution in [0.3, 0.4) is 0 Å². The first kappa shape index (κ1) is 20.6. The molecule has 0 radical (unpaired) electrons. The topological polar surface area (TPSA) is 59.1 Å². The van der Waals surface area contributed by atoms with Crippen LogP contribution in [0.1, 0.15) is 31.9 Å². The first-order valence-electron chi connectivity index (χ1n) is 11.1. The second-order valence-corrected chi connectivity index (χ2v) is 9.50. The molecule has 2 aromatic rings. The third-order valence-electron chi connectivity index (χ3n) is 7.26. The van der Waals surface area contributed by atoms with Crippen molar-refractivity contribution < 1.29 is 19.1 Å². The molecule has 2 aromatic carbocycles. The second-order valence-electron chi connectivity index (χ2n) is 9.50. The molecule has 5 rings (SSSR count). The number of amides is 2. The molecule has 2 fully saturated rings. The maximum absolute atomic E-state index is 13.0. The van der Waals surface area contributed by atoms with Crippen molar-refractivity contribution in [3.63, 3.8) is 0 Å². The largest absolute Gasteiger partial charge is 0.440 e. The van der Waals surface area contributed by atoms with E-state index in [0.29, 0.717) is 25.9 Å². The number of rotatable bonds is 4. The lowest BCUT2D eigenvalue weighted by atomic mass is 9.76. The minimum Gasteiger partial charge on any atom is -0.440 e. The summed E-state index contributed by atoms with van der Waals surface area (Å²) >= 11 is 0. The van der Waals surface area contributed by atoms with Gasteiger partial charge in [-0.3, -0.25) is 9.80 Å². The van der Waals surface area contributed by atoms with Gasteiger partial charge in [0.15, 0.2) is 5.60 Å². The third-order valence-corrected chi connectivity index (χ3v) is 7.26. The number of nitrogens with zero attached hydrogens (tertiary/aromatic N) is 2. The summed E-state index contributed by atoms with van der Waals surface area (Å²) in [5, 5.41) is 0. The molecule has 3 aliphatic rings. The van der Waals surface area contributed by atoms with Crippen LogP contribution >= 0.6 is 0 Å². The minimum atomic E-state index is -0.823. The van der Waals surface area contributed by atoms with Crippen molar-refractivity contribution in [3.8, 4) is 0 Å². The molecule has 3 atom stereocenters. The Balaban J connectivity index is 1.59. The van der Waals surface area contributed by atoms with E-state index in [9.17, 15) is 9.59 Å². The number of hydrogen-bond donors (Lipinski definition) is 0. The van der Waals surface area contributed by atoms with E-state index >= 15 is 0 Å². The molecule has 166 valence electrons. The van der Waals surface area contributed by atoms with Crippen molar-refractivity contribution in [2.45, 2.75) is 50.4 Å². The van der Waals surface area contributed by atoms with Crippen molar-refractivity contribution in [3.05, 3.63) is 83.6 Å². The summed E-state index contributed by atoms with van der Waals surface area (Å²) in [7, 11) is 0. The van der Waals surface area contributed by atoms with E-state index in [1.165, 1.54) is 0 Å². The van der Waals surface area contributed by atoms with Gasteiger partial charge in [0.1, 0.15) is 11.1 Å². The van der Waals surface area contributed by atoms with Gasteiger partial charge < -0.3 is 9.47 Å². The Kier molecular flexibility index (Phi) is 4.59. The number of benzene rings is 2. The number of carbonyl (C=O) groups excluding carboxylic acids is 2. The lowest BCUT2D eigenvalue weighted by Crippen LogP contribution is -2.55. The third kappa shape index (κ3) is 3.08. The van der Waals surface area contributed by atoms with Crippen LogP contribution in [0.25, 0.3) is 0 Å². The van der Waals surface area contributed by atoms with E-state index in [-0.39, 0.29) is 12.2 Å². The standard InChI is InChI=1S/C26H28N2O4/c1-24(16-19-10-6-4-7-11-19)21-18-25(2)26(3,17-20-12-8-5-9-13-20)32-23(30)28(25)15-14-27(21)22(29)31-24/h4-13,18H,14-17H2,1-3H3/t24-,25-,26-/m0/s1. The molecule has 6 heteroatoms. The Hall–Kier alpha value is -3.28. The fourth-order valence-corrected chi connectivity index (χ4v) is 5.29. The van der Waals surface area contributed by atoms with Crippen molar-refractivity contribution in [1.29, 1.82) is 0 Å². The molecule has 0 aromatic heterocycles. The molecule has 3 heterocycles. The van der Waals surface area contributed by atoms with Gasteiger partial charge in [-0.25, -0.2) is 9.59 Å². The monoisotopic (exact) mass is 432 g/mol. The summed E-state index contributed by atoms with van der Waals surface area (Å²) in [5.41, 5.74) is 0.619. The van der Waals surface area contributed by atoms with E-state index in [4.69, 9.17) is 9.47 Å². The van der Waals surface area contributed by atoms with Crippen LogP contribution in [-0.2, 0) is 22.3 Å². The van der Waals surface area contributed by atoms with Gasteiger partial charge in [-0.05, 0) is 38.0 Å². The SMILES string of the molecule is C[C@@]1(Cc2ccccc2)OC(=O)N2CCN3C(=O)O[C@@](C)(Cc4ccccc4)[C@]3(C)C=C21. The second kappa shape index (κ2) is 7.12. The fraction of sp³-hybridized carbons (Fsp3) is 0.385. The molecule has 0 bridgehead atoms. The number of fused-ring (bicyclic) bond motifs is 2. The van der Waals surface area contributed by atoms with Crippen LogP contribution < -0.4 is 0 Å². The summed E-state index contributed by atoms with van der Waals surface area (Å²) in [6, 6.07) is 20.1. The van der Waals surface area contributed by atoms with Gasteiger partial charge in [-0.2, -0.15) is 0 Å². The van der Waals surface area contributed by atoms with E-state index in [0.717, 1.165) is 16.8 Å². The van der Waals surface area contributed by atoms with Crippen molar-refractivity contribution in [2.75, 3.05) is 13.1 Å². The molecule has 32 heavy (non-hydrogen) atoms. The van der Waals surface area contributed by atoms with E-state index < -0.39 is 16.7 Å². The zero-order valence-corrected chi connectivity index (χ0v) is 18.7. The summed E-state index contributed by atoms with van der Waals surface area (Å²) in [5.74, 6) is 0. The Morgan fingerprint density at radius 3 is 2.00 bits per heavy atom. The Bertz CT molecular complexity index is 1090. The predicted molar refractivity (Wildman–Crippen MR) is 120 cm³/mol. The smallest absolute Gasteiger partial charge is 0.415 e. The summed E-state index contributed by atoms with van der Waals surface area (Å²) in [6.45, 7) is 6.73. The fourth-order valence-electron chi connectivity index (χ4n) is 5.29.